The number of carbonyl (C=O) groups excluding carboxylic acids is 1. The third-order valence-corrected chi connectivity index (χ3v) is 5.23. The van der Waals surface area contributed by atoms with Gasteiger partial charge in [-0.2, -0.15) is 5.10 Å². The Bertz CT molecular complexity index is 920. The van der Waals surface area contributed by atoms with E-state index in [-0.39, 0.29) is 24.7 Å². The number of aryl methyl sites for hydroxylation is 1. The molecule has 1 atom stereocenters. The molecule has 2 aromatic rings. The third kappa shape index (κ3) is 3.52. The lowest BCUT2D eigenvalue weighted by molar-refractivity contribution is -0.141. The van der Waals surface area contributed by atoms with Gasteiger partial charge in [-0.15, -0.1) is 0 Å². The maximum Gasteiger partial charge on any atom is 0.306 e. The van der Waals surface area contributed by atoms with Gasteiger partial charge in [0.1, 0.15) is 5.82 Å². The van der Waals surface area contributed by atoms with Crippen molar-refractivity contribution in [3.63, 3.8) is 0 Å². The standard InChI is InChI=1S/C20H22FN3O4/c1-12-7-13(21)9-14(8-12)24-17-4-2-3-16(17)19(22-24)20(27)23-5-6-28-15(11-23)10-18(25)26/h7-9,15H,2-6,10-11H2,1H3,(H,25,26). The van der Waals surface area contributed by atoms with Gasteiger partial charge in [-0.05, 0) is 49.9 Å². The van der Waals surface area contributed by atoms with E-state index in [1.54, 1.807) is 9.58 Å². The second-order valence-corrected chi connectivity index (χ2v) is 7.37. The molecule has 0 spiro atoms. The number of amides is 1. The summed E-state index contributed by atoms with van der Waals surface area (Å²) in [5, 5.41) is 13.5. The summed E-state index contributed by atoms with van der Waals surface area (Å²) in [4.78, 5) is 25.7. The first-order chi connectivity index (χ1) is 13.4. The number of carboxylic acid groups (broad SMARTS) is 1. The van der Waals surface area contributed by atoms with E-state index in [0.717, 1.165) is 36.1 Å². The lowest BCUT2D eigenvalue weighted by Gasteiger charge is -2.32. The number of halogens is 1. The van der Waals surface area contributed by atoms with E-state index in [2.05, 4.69) is 5.10 Å². The van der Waals surface area contributed by atoms with Crippen molar-refractivity contribution in [2.45, 2.75) is 38.7 Å². The second-order valence-electron chi connectivity index (χ2n) is 7.37. The van der Waals surface area contributed by atoms with Crippen LogP contribution in [0, 0.1) is 12.7 Å². The van der Waals surface area contributed by atoms with E-state index >= 15 is 0 Å². The van der Waals surface area contributed by atoms with Crippen molar-refractivity contribution in [2.24, 2.45) is 0 Å². The van der Waals surface area contributed by atoms with Crippen molar-refractivity contribution < 1.29 is 23.8 Å². The quantitative estimate of drug-likeness (QED) is 0.869. The Hall–Kier alpha value is -2.74. The molecule has 28 heavy (non-hydrogen) atoms. The Morgan fingerprint density at radius 1 is 1.32 bits per heavy atom. The minimum absolute atomic E-state index is 0.140. The number of nitrogens with zero attached hydrogens (tertiary/aromatic N) is 3. The highest BCUT2D eigenvalue weighted by Gasteiger charge is 2.32. The molecule has 0 bridgehead atoms. The molecular weight excluding hydrogens is 365 g/mol. The Balaban J connectivity index is 1.65. The second kappa shape index (κ2) is 7.35. The number of ether oxygens (including phenoxy) is 1. The minimum atomic E-state index is -0.953. The highest BCUT2D eigenvalue weighted by atomic mass is 19.1. The zero-order valence-electron chi connectivity index (χ0n) is 15.7. The Morgan fingerprint density at radius 3 is 2.89 bits per heavy atom. The summed E-state index contributed by atoms with van der Waals surface area (Å²) >= 11 is 0. The average molecular weight is 387 g/mol. The number of rotatable bonds is 4. The monoisotopic (exact) mass is 387 g/mol. The summed E-state index contributed by atoms with van der Waals surface area (Å²) in [5.41, 5.74) is 3.64. The number of hydrogen-bond acceptors (Lipinski definition) is 4. The van der Waals surface area contributed by atoms with E-state index in [1.807, 2.05) is 13.0 Å². The SMILES string of the molecule is Cc1cc(F)cc(-n2nc(C(=O)N3CCOC(CC(=O)O)C3)c3c2CCC3)c1. The van der Waals surface area contributed by atoms with Crippen LogP contribution in [-0.4, -0.2) is 57.5 Å². The first-order valence-electron chi connectivity index (χ1n) is 9.43. The van der Waals surface area contributed by atoms with Crippen molar-refractivity contribution >= 4 is 11.9 Å². The molecule has 0 radical (unpaired) electrons. The molecule has 8 heteroatoms. The molecule has 1 aromatic heterocycles. The number of aromatic nitrogens is 2. The molecule has 2 aliphatic rings. The van der Waals surface area contributed by atoms with Gasteiger partial charge >= 0.3 is 5.97 Å². The molecular formula is C20H22FN3O4. The van der Waals surface area contributed by atoms with Crippen LogP contribution in [0.1, 0.15) is 40.2 Å². The van der Waals surface area contributed by atoms with E-state index in [1.165, 1.54) is 12.1 Å². The van der Waals surface area contributed by atoms with Gasteiger partial charge in [-0.25, -0.2) is 9.07 Å². The molecule has 1 aliphatic heterocycles. The number of fused-ring (bicyclic) bond motifs is 1. The Morgan fingerprint density at radius 2 is 2.14 bits per heavy atom. The van der Waals surface area contributed by atoms with Crippen molar-refractivity contribution in [3.05, 3.63) is 46.5 Å². The van der Waals surface area contributed by atoms with E-state index in [9.17, 15) is 14.0 Å². The summed E-state index contributed by atoms with van der Waals surface area (Å²) in [6.45, 7) is 2.75. The van der Waals surface area contributed by atoms with E-state index < -0.39 is 12.1 Å². The highest BCUT2D eigenvalue weighted by molar-refractivity contribution is 5.94. The van der Waals surface area contributed by atoms with Gasteiger partial charge < -0.3 is 14.7 Å². The molecule has 0 saturated carbocycles. The summed E-state index contributed by atoms with van der Waals surface area (Å²) in [6, 6.07) is 4.72. The normalized spacial score (nSPS) is 18.9. The Kier molecular flexibility index (Phi) is 4.89. The zero-order chi connectivity index (χ0) is 19.8. The van der Waals surface area contributed by atoms with Crippen LogP contribution in [0.3, 0.4) is 0 Å². The molecule has 148 valence electrons. The predicted octanol–water partition coefficient (Wildman–Crippen LogP) is 2.12. The van der Waals surface area contributed by atoms with E-state index in [0.29, 0.717) is 24.5 Å². The van der Waals surface area contributed by atoms with Gasteiger partial charge in [0.15, 0.2) is 5.69 Å². The lowest BCUT2D eigenvalue weighted by atomic mass is 10.1. The fourth-order valence-electron chi connectivity index (χ4n) is 4.03. The highest BCUT2D eigenvalue weighted by Crippen LogP contribution is 2.29. The van der Waals surface area contributed by atoms with Gasteiger partial charge in [0.05, 0.1) is 24.8 Å². The summed E-state index contributed by atoms with van der Waals surface area (Å²) in [7, 11) is 0. The van der Waals surface area contributed by atoms with Gasteiger partial charge in [0, 0.05) is 24.3 Å². The topological polar surface area (TPSA) is 84.7 Å². The first kappa shape index (κ1) is 18.6. The van der Waals surface area contributed by atoms with Crippen LogP contribution >= 0.6 is 0 Å². The molecule has 7 nitrogen and oxygen atoms in total. The molecule has 1 aromatic carbocycles. The molecule has 4 rings (SSSR count). The molecule has 1 saturated heterocycles. The summed E-state index contributed by atoms with van der Waals surface area (Å²) in [6.07, 6.45) is 1.81. The molecule has 1 unspecified atom stereocenters. The summed E-state index contributed by atoms with van der Waals surface area (Å²) in [5.74, 6) is -1.51. The van der Waals surface area contributed by atoms with Crippen LogP contribution < -0.4 is 0 Å². The van der Waals surface area contributed by atoms with Crippen molar-refractivity contribution in [1.82, 2.24) is 14.7 Å². The van der Waals surface area contributed by atoms with Crippen LogP contribution in [0.15, 0.2) is 18.2 Å². The third-order valence-electron chi connectivity index (χ3n) is 5.23. The van der Waals surface area contributed by atoms with Crippen LogP contribution in [0.25, 0.3) is 5.69 Å². The van der Waals surface area contributed by atoms with Crippen LogP contribution in [0.4, 0.5) is 4.39 Å². The molecule has 1 fully saturated rings. The first-order valence-corrected chi connectivity index (χ1v) is 9.43. The number of carbonyl (C=O) groups is 2. The molecule has 1 aliphatic carbocycles. The number of hydrogen-bond donors (Lipinski definition) is 1. The van der Waals surface area contributed by atoms with Crippen molar-refractivity contribution in [3.8, 4) is 5.69 Å². The van der Waals surface area contributed by atoms with Crippen molar-refractivity contribution in [1.29, 1.82) is 0 Å². The Labute approximate surface area is 161 Å². The van der Waals surface area contributed by atoms with Crippen LogP contribution in [0.2, 0.25) is 0 Å². The van der Waals surface area contributed by atoms with Crippen LogP contribution in [-0.2, 0) is 22.4 Å². The fraction of sp³-hybridized carbons (Fsp3) is 0.450. The molecule has 1 amide bonds. The van der Waals surface area contributed by atoms with Gasteiger partial charge in [-0.3, -0.25) is 9.59 Å². The summed E-state index contributed by atoms with van der Waals surface area (Å²) < 4.78 is 21.0. The fourth-order valence-corrected chi connectivity index (χ4v) is 4.03. The van der Waals surface area contributed by atoms with Crippen LogP contribution in [0.5, 0.6) is 0 Å². The largest absolute Gasteiger partial charge is 0.481 e. The van der Waals surface area contributed by atoms with Gasteiger partial charge in [0.25, 0.3) is 5.91 Å². The average Bonchev–Trinajstić information content (AvgIpc) is 3.22. The van der Waals surface area contributed by atoms with E-state index in [4.69, 9.17) is 9.84 Å². The predicted molar refractivity (Wildman–Crippen MR) is 98.2 cm³/mol. The molecule has 2 heterocycles. The van der Waals surface area contributed by atoms with Crippen molar-refractivity contribution in [2.75, 3.05) is 19.7 Å². The van der Waals surface area contributed by atoms with Gasteiger partial charge in [0.2, 0.25) is 0 Å². The lowest BCUT2D eigenvalue weighted by Crippen LogP contribution is -2.46. The minimum Gasteiger partial charge on any atom is -0.481 e. The smallest absolute Gasteiger partial charge is 0.306 e. The number of aliphatic carboxylic acids is 1. The maximum absolute atomic E-state index is 13.9. The number of benzene rings is 1. The molecule has 1 N–H and O–H groups in total. The number of morpholine rings is 1. The maximum atomic E-state index is 13.9. The number of carboxylic acids is 1. The van der Waals surface area contributed by atoms with Gasteiger partial charge in [-0.1, -0.05) is 0 Å². The zero-order valence-corrected chi connectivity index (χ0v) is 15.7.